The van der Waals surface area contributed by atoms with Gasteiger partial charge in [0.05, 0.1) is 11.7 Å². The molecule has 5 rings (SSSR count). The van der Waals surface area contributed by atoms with Crippen LogP contribution in [0.25, 0.3) is 0 Å². The maximum atomic E-state index is 13.3. The molecule has 3 aromatic carbocycles. The average molecular weight is 558 g/mol. The van der Waals surface area contributed by atoms with Crippen molar-refractivity contribution in [3.05, 3.63) is 130 Å². The Morgan fingerprint density at radius 3 is 2.55 bits per heavy atom. The molecule has 0 aromatic heterocycles. The van der Waals surface area contributed by atoms with Gasteiger partial charge in [-0.1, -0.05) is 48.5 Å². The Labute approximate surface area is 238 Å². The van der Waals surface area contributed by atoms with Crippen LogP contribution in [0.2, 0.25) is 0 Å². The largest absolute Gasteiger partial charge is 0.484 e. The van der Waals surface area contributed by atoms with Crippen molar-refractivity contribution in [3.8, 4) is 0 Å². The highest BCUT2D eigenvalue weighted by Gasteiger charge is 2.28. The number of rotatable bonds is 10. The third-order valence-corrected chi connectivity index (χ3v) is 7.66. The minimum atomic E-state index is -0.301. The summed E-state index contributed by atoms with van der Waals surface area (Å²) in [7, 11) is 0. The molecule has 0 amide bonds. The lowest BCUT2D eigenvalue weighted by atomic mass is 9.99. The number of halogens is 1. The van der Waals surface area contributed by atoms with Crippen LogP contribution in [0.15, 0.2) is 102 Å². The maximum absolute atomic E-state index is 13.3. The fourth-order valence-corrected chi connectivity index (χ4v) is 5.69. The van der Waals surface area contributed by atoms with Crippen LogP contribution in [-0.2, 0) is 28.1 Å². The number of carbonyl (C=O) groups excluding carboxylic acids is 1. The Morgan fingerprint density at radius 1 is 1.10 bits per heavy atom. The summed E-state index contributed by atoms with van der Waals surface area (Å²) in [6.07, 6.45) is 5.57. The van der Waals surface area contributed by atoms with Gasteiger partial charge in [-0.15, -0.1) is 5.73 Å². The molecular weight excluding hydrogens is 525 g/mol. The molecule has 2 aliphatic rings. The molecule has 0 radical (unpaired) electrons. The molecule has 1 heterocycles. The molecule has 0 bridgehead atoms. The minimum Gasteiger partial charge on any atom is -0.484 e. The number of hydrogen-bond donors (Lipinski definition) is 3. The predicted molar refractivity (Wildman–Crippen MR) is 157 cm³/mol. The smallest absolute Gasteiger partial charge is 0.186 e. The second-order valence-electron chi connectivity index (χ2n) is 9.82. The van der Waals surface area contributed by atoms with Gasteiger partial charge in [-0.3, -0.25) is 4.79 Å². The molecule has 3 N–H and O–H groups in total. The van der Waals surface area contributed by atoms with Crippen molar-refractivity contribution >= 4 is 24.0 Å². The molecule has 1 saturated heterocycles. The van der Waals surface area contributed by atoms with Gasteiger partial charge in [-0.2, -0.15) is 0 Å². The fraction of sp³-hybridized carbons (Fsp3) is 0.250. The first kappa shape index (κ1) is 27.7. The first-order valence-corrected chi connectivity index (χ1v) is 14.3. The number of nitrogens with one attached hydrogen (secondary N) is 2. The van der Waals surface area contributed by atoms with E-state index in [1.54, 1.807) is 24.4 Å². The summed E-state index contributed by atoms with van der Waals surface area (Å²) in [6, 6.07) is 22.4. The molecule has 1 aliphatic carbocycles. The van der Waals surface area contributed by atoms with Gasteiger partial charge in [-0.25, -0.2) is 4.39 Å². The second-order valence-corrected chi connectivity index (χ2v) is 10.4. The molecule has 1 aliphatic heterocycles. The average Bonchev–Trinajstić information content (AvgIpc) is 3.40. The number of piperazine rings is 1. The van der Waals surface area contributed by atoms with Gasteiger partial charge in [0.15, 0.2) is 12.0 Å². The van der Waals surface area contributed by atoms with Gasteiger partial charge in [-0.05, 0) is 58.6 Å². The molecule has 0 spiro atoms. The van der Waals surface area contributed by atoms with Gasteiger partial charge in [0.2, 0.25) is 0 Å². The Hall–Kier alpha value is -3.81. The number of nitrogens with zero attached hydrogens (tertiary/aromatic N) is 1. The topological polar surface area (TPSA) is 73.8 Å². The lowest BCUT2D eigenvalue weighted by Crippen LogP contribution is -2.45. The molecular formula is C32H32FN3O3S. The van der Waals surface area contributed by atoms with Crippen molar-refractivity contribution in [1.29, 1.82) is 0 Å². The summed E-state index contributed by atoms with van der Waals surface area (Å²) in [6.45, 7) is 2.00. The number of carbonyl (C=O) groups is 1. The van der Waals surface area contributed by atoms with E-state index >= 15 is 0 Å². The third kappa shape index (κ3) is 6.84. The number of ether oxygens (including phenoxy) is 1. The molecule has 8 heteroatoms. The van der Waals surface area contributed by atoms with Crippen LogP contribution in [0, 0.1) is 5.82 Å². The van der Waals surface area contributed by atoms with Crippen molar-refractivity contribution in [1.82, 2.24) is 10.2 Å². The van der Waals surface area contributed by atoms with Crippen molar-refractivity contribution in [3.63, 3.8) is 0 Å². The zero-order valence-corrected chi connectivity index (χ0v) is 22.9. The highest BCUT2D eigenvalue weighted by Crippen LogP contribution is 2.29. The van der Waals surface area contributed by atoms with E-state index in [2.05, 4.69) is 39.5 Å². The van der Waals surface area contributed by atoms with E-state index in [0.29, 0.717) is 31.1 Å². The number of anilines is 1. The van der Waals surface area contributed by atoms with E-state index < -0.39 is 0 Å². The quantitative estimate of drug-likeness (QED) is 0.0721. The number of hydrogen-bond acceptors (Lipinski definition) is 7. The second kappa shape index (κ2) is 13.5. The zero-order chi connectivity index (χ0) is 27.7. The van der Waals surface area contributed by atoms with Gasteiger partial charge in [0.1, 0.15) is 11.9 Å². The highest BCUT2D eigenvalue weighted by atomic mass is 32.2. The maximum Gasteiger partial charge on any atom is 0.186 e. The number of benzene rings is 3. The number of allylic oxidation sites excluding steroid dienone is 2. The lowest BCUT2D eigenvalue weighted by Gasteiger charge is -2.37. The van der Waals surface area contributed by atoms with Crippen LogP contribution in [0.4, 0.5) is 10.1 Å². The summed E-state index contributed by atoms with van der Waals surface area (Å²) in [5, 5.41) is 6.67. The first-order valence-electron chi connectivity index (χ1n) is 13.3. The standard InChI is InChI=1S/C32H32FN3O3S/c33-26-11-13-27(14-12-26)34-15-5-10-31(32(21-37)39-28-18-23-6-1-2-7-24(23)19-28)36-17-16-35-30(20-36)29-9-4-3-8-25(29)22-40-38/h1-4,6-15,21,28,30,34-35,38H,16-20,22H2. The van der Waals surface area contributed by atoms with Gasteiger partial charge < -0.3 is 24.8 Å². The monoisotopic (exact) mass is 557 g/mol. The van der Waals surface area contributed by atoms with Crippen molar-refractivity contribution in [2.24, 2.45) is 0 Å². The first-order chi connectivity index (χ1) is 19.6. The van der Waals surface area contributed by atoms with Crippen LogP contribution in [-0.4, -0.2) is 41.5 Å². The summed E-state index contributed by atoms with van der Waals surface area (Å²) in [5.41, 5.74) is 9.20. The van der Waals surface area contributed by atoms with E-state index in [-0.39, 0.29) is 23.7 Å². The Morgan fingerprint density at radius 2 is 1.82 bits per heavy atom. The number of aldehydes is 1. The molecule has 6 nitrogen and oxygen atoms in total. The van der Waals surface area contributed by atoms with Crippen LogP contribution in [0.5, 0.6) is 0 Å². The van der Waals surface area contributed by atoms with Crippen LogP contribution in [0.3, 0.4) is 0 Å². The predicted octanol–water partition coefficient (Wildman–Crippen LogP) is 5.85. The summed E-state index contributed by atoms with van der Waals surface area (Å²) in [4.78, 5) is 14.6. The Balaban J connectivity index is 1.42. The summed E-state index contributed by atoms with van der Waals surface area (Å²) >= 11 is 0.808. The Bertz CT molecular complexity index is 1390. The van der Waals surface area contributed by atoms with Gasteiger partial charge in [0, 0.05) is 56.2 Å². The summed E-state index contributed by atoms with van der Waals surface area (Å²) < 4.78 is 29.1. The highest BCUT2D eigenvalue weighted by molar-refractivity contribution is 7.92. The Kier molecular flexibility index (Phi) is 9.37. The molecule has 1 fully saturated rings. The SMILES string of the molecule is O=CC(OC1Cc2ccccc2C1)=C(C=C=CNc1ccc(F)cc1)N1CCNC(c2ccccc2CSO)C1. The van der Waals surface area contributed by atoms with E-state index in [1.165, 1.54) is 23.3 Å². The third-order valence-electron chi connectivity index (χ3n) is 7.22. The molecule has 1 atom stereocenters. The molecule has 3 aromatic rings. The van der Waals surface area contributed by atoms with Crippen LogP contribution in [0.1, 0.15) is 28.3 Å². The fourth-order valence-electron chi connectivity index (χ4n) is 5.29. The van der Waals surface area contributed by atoms with Crippen LogP contribution >= 0.6 is 12.0 Å². The van der Waals surface area contributed by atoms with Crippen LogP contribution < -0.4 is 10.6 Å². The van der Waals surface area contributed by atoms with E-state index in [9.17, 15) is 13.7 Å². The molecule has 1 unspecified atom stereocenters. The molecule has 40 heavy (non-hydrogen) atoms. The zero-order valence-electron chi connectivity index (χ0n) is 22.1. The van der Waals surface area contributed by atoms with Crippen molar-refractivity contribution in [2.45, 2.75) is 30.7 Å². The molecule has 0 saturated carbocycles. The van der Waals surface area contributed by atoms with E-state index in [1.807, 2.05) is 30.3 Å². The number of fused-ring (bicyclic) bond motifs is 1. The van der Waals surface area contributed by atoms with Gasteiger partial charge in [0.25, 0.3) is 0 Å². The van der Waals surface area contributed by atoms with E-state index in [4.69, 9.17) is 4.74 Å². The lowest BCUT2D eigenvalue weighted by molar-refractivity contribution is -0.109. The van der Waals surface area contributed by atoms with Crippen molar-refractivity contribution < 1.29 is 18.5 Å². The van der Waals surface area contributed by atoms with Gasteiger partial charge >= 0.3 is 0 Å². The normalized spacial score (nSPS) is 17.4. The van der Waals surface area contributed by atoms with E-state index in [0.717, 1.165) is 48.0 Å². The van der Waals surface area contributed by atoms with Crippen molar-refractivity contribution in [2.75, 3.05) is 25.0 Å². The summed E-state index contributed by atoms with van der Waals surface area (Å²) in [5.74, 6) is 0.476. The molecule has 206 valence electrons. The minimum absolute atomic E-state index is 0.00505.